The predicted octanol–water partition coefficient (Wildman–Crippen LogP) is 2.83. The van der Waals surface area contributed by atoms with Crippen LogP contribution in [0.25, 0.3) is 6.08 Å². The third kappa shape index (κ3) is 5.86. The van der Waals surface area contributed by atoms with Crippen LogP contribution < -0.4 is 16.2 Å². The predicted molar refractivity (Wildman–Crippen MR) is 117 cm³/mol. The van der Waals surface area contributed by atoms with Crippen LogP contribution in [0.4, 0.5) is 5.69 Å². The average molecular weight is 430 g/mol. The molecule has 0 heterocycles. The number of nitrogens with one attached hydrogen (secondary N) is 3. The van der Waals surface area contributed by atoms with Gasteiger partial charge < -0.3 is 5.32 Å². The number of nitrogens with zero attached hydrogens (tertiary/aromatic N) is 1. The van der Waals surface area contributed by atoms with Gasteiger partial charge in [-0.2, -0.15) is 0 Å². The molecule has 3 rings (SSSR count). The second kappa shape index (κ2) is 10.3. The minimum atomic E-state index is -0.781. The molecule has 3 aromatic rings. The molecule has 3 N–H and O–H groups in total. The first-order valence-electron chi connectivity index (χ1n) is 9.42. The Morgan fingerprint density at radius 1 is 0.719 bits per heavy atom. The molecule has 0 spiro atoms. The number of benzene rings is 3. The summed E-state index contributed by atoms with van der Waals surface area (Å²) < 4.78 is 0. The molecular weight excluding hydrogens is 412 g/mol. The number of carbonyl (C=O) groups is 3. The Morgan fingerprint density at radius 2 is 1.25 bits per heavy atom. The van der Waals surface area contributed by atoms with Gasteiger partial charge in [0.2, 0.25) is 0 Å². The van der Waals surface area contributed by atoms with Gasteiger partial charge >= 0.3 is 0 Å². The van der Waals surface area contributed by atoms with Crippen molar-refractivity contribution in [1.82, 2.24) is 16.2 Å². The number of nitro benzene ring substituents is 1. The zero-order valence-corrected chi connectivity index (χ0v) is 16.6. The molecule has 0 unspecified atom stereocenters. The summed E-state index contributed by atoms with van der Waals surface area (Å²) in [5.74, 6) is -1.86. The third-order valence-corrected chi connectivity index (χ3v) is 4.27. The van der Waals surface area contributed by atoms with Crippen molar-refractivity contribution in [1.29, 1.82) is 0 Å². The first kappa shape index (κ1) is 21.9. The Hall–Kier alpha value is -4.79. The van der Waals surface area contributed by atoms with Gasteiger partial charge in [-0.3, -0.25) is 35.3 Å². The van der Waals surface area contributed by atoms with Crippen molar-refractivity contribution in [3.63, 3.8) is 0 Å². The molecule has 9 heteroatoms. The van der Waals surface area contributed by atoms with Crippen LogP contribution in [-0.2, 0) is 4.79 Å². The zero-order chi connectivity index (χ0) is 22.9. The largest absolute Gasteiger partial charge is 0.317 e. The number of hydrazine groups is 1. The number of amides is 3. The van der Waals surface area contributed by atoms with Gasteiger partial charge in [-0.15, -0.1) is 0 Å². The van der Waals surface area contributed by atoms with Gasteiger partial charge in [-0.25, -0.2) is 0 Å². The number of hydrogen-bond acceptors (Lipinski definition) is 5. The van der Waals surface area contributed by atoms with Crippen LogP contribution in [-0.4, -0.2) is 22.6 Å². The van der Waals surface area contributed by atoms with Crippen LogP contribution in [0.15, 0.2) is 90.6 Å². The van der Waals surface area contributed by atoms with E-state index < -0.39 is 22.6 Å². The topological polar surface area (TPSA) is 130 Å². The van der Waals surface area contributed by atoms with Crippen molar-refractivity contribution >= 4 is 29.5 Å². The quantitative estimate of drug-likeness (QED) is 0.314. The third-order valence-electron chi connectivity index (χ3n) is 4.27. The lowest BCUT2D eigenvalue weighted by atomic mass is 10.1. The Kier molecular flexibility index (Phi) is 7.05. The number of rotatable bonds is 6. The summed E-state index contributed by atoms with van der Waals surface area (Å²) in [5.41, 5.74) is 5.35. The van der Waals surface area contributed by atoms with Crippen molar-refractivity contribution < 1.29 is 19.3 Å². The summed E-state index contributed by atoms with van der Waals surface area (Å²) >= 11 is 0. The Labute approximate surface area is 182 Å². The fraction of sp³-hybridized carbons (Fsp3) is 0. The van der Waals surface area contributed by atoms with E-state index in [4.69, 9.17) is 0 Å². The summed E-state index contributed by atoms with van der Waals surface area (Å²) in [6, 6.07) is 21.9. The maximum atomic E-state index is 12.7. The molecule has 160 valence electrons. The van der Waals surface area contributed by atoms with Gasteiger partial charge in [0.15, 0.2) is 0 Å². The monoisotopic (exact) mass is 430 g/mol. The number of carbonyl (C=O) groups excluding carboxylic acids is 3. The van der Waals surface area contributed by atoms with E-state index in [0.717, 1.165) is 0 Å². The van der Waals surface area contributed by atoms with Gasteiger partial charge in [0, 0.05) is 23.3 Å². The number of hydrogen-bond donors (Lipinski definition) is 3. The van der Waals surface area contributed by atoms with Gasteiger partial charge in [0.05, 0.1) is 4.92 Å². The highest BCUT2D eigenvalue weighted by molar-refractivity contribution is 6.06. The van der Waals surface area contributed by atoms with Crippen LogP contribution in [0.3, 0.4) is 0 Å². The molecule has 0 aliphatic rings. The first-order valence-corrected chi connectivity index (χ1v) is 9.42. The summed E-state index contributed by atoms with van der Waals surface area (Å²) in [4.78, 5) is 47.7. The van der Waals surface area contributed by atoms with Gasteiger partial charge in [-0.05, 0) is 48.0 Å². The van der Waals surface area contributed by atoms with E-state index in [2.05, 4.69) is 16.2 Å². The summed E-state index contributed by atoms with van der Waals surface area (Å²) in [7, 11) is 0. The zero-order valence-electron chi connectivity index (χ0n) is 16.6. The summed E-state index contributed by atoms with van der Waals surface area (Å²) in [5, 5.41) is 13.3. The maximum absolute atomic E-state index is 12.7. The Morgan fingerprint density at radius 3 is 1.78 bits per heavy atom. The molecule has 3 amide bonds. The van der Waals surface area contributed by atoms with E-state index >= 15 is 0 Å². The fourth-order valence-corrected chi connectivity index (χ4v) is 2.64. The highest BCUT2D eigenvalue weighted by atomic mass is 16.6. The van der Waals surface area contributed by atoms with Crippen molar-refractivity contribution in [3.05, 3.63) is 117 Å². The van der Waals surface area contributed by atoms with Crippen LogP contribution in [0.1, 0.15) is 26.3 Å². The molecule has 0 saturated heterocycles. The highest BCUT2D eigenvalue weighted by Crippen LogP contribution is 2.14. The molecule has 0 fully saturated rings. The van der Waals surface area contributed by atoms with Crippen LogP contribution >= 0.6 is 0 Å². The smallest absolute Gasteiger partial charge is 0.286 e. The minimum absolute atomic E-state index is 0.114. The van der Waals surface area contributed by atoms with Crippen LogP contribution in [0, 0.1) is 10.1 Å². The molecule has 3 aromatic carbocycles. The lowest BCUT2D eigenvalue weighted by Gasteiger charge is -2.12. The fourth-order valence-electron chi connectivity index (χ4n) is 2.64. The molecule has 0 aliphatic carbocycles. The summed E-state index contributed by atoms with van der Waals surface area (Å²) in [6.45, 7) is 0. The number of non-ortho nitro benzene ring substituents is 1. The van der Waals surface area contributed by atoms with Crippen molar-refractivity contribution in [3.8, 4) is 0 Å². The number of nitro groups is 1. The SMILES string of the molecule is O=C(NNC(=O)c1ccccc1)C(=Cc1ccc([N+](=O)[O-])cc1)NC(=O)c1ccccc1. The Balaban J connectivity index is 1.80. The van der Waals surface area contributed by atoms with Crippen molar-refractivity contribution in [2.75, 3.05) is 0 Å². The minimum Gasteiger partial charge on any atom is -0.317 e. The molecule has 0 atom stereocenters. The molecule has 0 aliphatic heterocycles. The second-order valence-electron chi connectivity index (χ2n) is 6.50. The molecular formula is C23H18N4O5. The molecule has 0 aromatic heterocycles. The van der Waals surface area contributed by atoms with E-state index in [1.165, 1.54) is 30.3 Å². The molecule has 9 nitrogen and oxygen atoms in total. The summed E-state index contributed by atoms with van der Waals surface area (Å²) in [6.07, 6.45) is 1.34. The van der Waals surface area contributed by atoms with E-state index in [1.807, 2.05) is 0 Å². The Bertz CT molecular complexity index is 1160. The molecule has 0 radical (unpaired) electrons. The lowest BCUT2D eigenvalue weighted by Crippen LogP contribution is -2.45. The highest BCUT2D eigenvalue weighted by Gasteiger charge is 2.16. The van der Waals surface area contributed by atoms with Crippen molar-refractivity contribution in [2.45, 2.75) is 0 Å². The van der Waals surface area contributed by atoms with Crippen molar-refractivity contribution in [2.24, 2.45) is 0 Å². The second-order valence-corrected chi connectivity index (χ2v) is 6.50. The van der Waals surface area contributed by atoms with Gasteiger partial charge in [0.1, 0.15) is 5.70 Å². The maximum Gasteiger partial charge on any atom is 0.286 e. The molecule has 0 saturated carbocycles. The van der Waals surface area contributed by atoms with Gasteiger partial charge in [-0.1, -0.05) is 36.4 Å². The average Bonchev–Trinajstić information content (AvgIpc) is 2.83. The van der Waals surface area contributed by atoms with Crippen LogP contribution in [0.5, 0.6) is 0 Å². The molecule has 32 heavy (non-hydrogen) atoms. The normalized spacial score (nSPS) is 10.7. The van der Waals surface area contributed by atoms with Crippen LogP contribution in [0.2, 0.25) is 0 Å². The first-order chi connectivity index (χ1) is 15.4. The molecule has 0 bridgehead atoms. The van der Waals surface area contributed by atoms with E-state index in [-0.39, 0.29) is 11.4 Å². The van der Waals surface area contributed by atoms with E-state index in [0.29, 0.717) is 16.7 Å². The van der Waals surface area contributed by atoms with Gasteiger partial charge in [0.25, 0.3) is 23.4 Å². The lowest BCUT2D eigenvalue weighted by molar-refractivity contribution is -0.384. The van der Waals surface area contributed by atoms with E-state index in [1.54, 1.807) is 60.7 Å². The van der Waals surface area contributed by atoms with E-state index in [9.17, 15) is 24.5 Å². The standard InChI is InChI=1S/C23H18N4O5/c28-21(17-7-3-1-4-8-17)24-20(15-16-11-13-19(14-12-16)27(31)32)23(30)26-25-22(29)18-9-5-2-6-10-18/h1-15H,(H,24,28)(H,25,29)(H,26,30).